The van der Waals surface area contributed by atoms with Gasteiger partial charge in [-0.15, -0.1) is 0 Å². The minimum absolute atomic E-state index is 0.361. The summed E-state index contributed by atoms with van der Waals surface area (Å²) in [4.78, 5) is 0. The molecule has 0 fully saturated rings. The van der Waals surface area contributed by atoms with Crippen LogP contribution in [0.4, 0.5) is 8.78 Å². The van der Waals surface area contributed by atoms with Crippen LogP contribution >= 0.6 is 27.5 Å². The van der Waals surface area contributed by atoms with Gasteiger partial charge in [0.05, 0.1) is 6.04 Å². The molecule has 6 heteroatoms. The summed E-state index contributed by atoms with van der Waals surface area (Å²) in [5.41, 5.74) is 3.51. The summed E-state index contributed by atoms with van der Waals surface area (Å²) in [6.07, 6.45) is 0. The minimum Gasteiger partial charge on any atom is -0.271 e. The summed E-state index contributed by atoms with van der Waals surface area (Å²) in [5.74, 6) is 4.16. The molecule has 2 nitrogen and oxygen atoms in total. The molecule has 1 unspecified atom stereocenters. The Morgan fingerprint density at radius 1 is 1.11 bits per heavy atom. The molecule has 0 aromatic heterocycles. The Balaban J connectivity index is 2.52. The number of nitrogens with two attached hydrogens (primary N) is 1. The Labute approximate surface area is 122 Å². The molecule has 0 spiro atoms. The van der Waals surface area contributed by atoms with Gasteiger partial charge in [-0.1, -0.05) is 27.5 Å². The molecule has 0 bridgehead atoms. The molecule has 2 aromatic carbocycles. The van der Waals surface area contributed by atoms with Gasteiger partial charge in [0.15, 0.2) is 0 Å². The maximum atomic E-state index is 13.3. The van der Waals surface area contributed by atoms with Crippen molar-refractivity contribution >= 4 is 27.5 Å². The topological polar surface area (TPSA) is 38.0 Å². The van der Waals surface area contributed by atoms with Crippen LogP contribution in [-0.2, 0) is 0 Å². The van der Waals surface area contributed by atoms with Gasteiger partial charge in [-0.25, -0.2) is 14.2 Å². The van der Waals surface area contributed by atoms with E-state index < -0.39 is 17.7 Å². The molecule has 1 atom stereocenters. The second-order valence-corrected chi connectivity index (χ2v) is 5.29. The van der Waals surface area contributed by atoms with E-state index in [0.717, 1.165) is 10.5 Å². The van der Waals surface area contributed by atoms with Gasteiger partial charge in [0.2, 0.25) is 0 Å². The zero-order valence-corrected chi connectivity index (χ0v) is 12.0. The van der Waals surface area contributed by atoms with E-state index in [2.05, 4.69) is 21.4 Å². The van der Waals surface area contributed by atoms with Crippen LogP contribution in [0.5, 0.6) is 0 Å². The van der Waals surface area contributed by atoms with Crippen molar-refractivity contribution in [2.75, 3.05) is 0 Å². The minimum atomic E-state index is -0.665. The van der Waals surface area contributed by atoms with Crippen molar-refractivity contribution in [3.63, 3.8) is 0 Å². The van der Waals surface area contributed by atoms with Gasteiger partial charge in [-0.2, -0.15) is 0 Å². The molecule has 3 N–H and O–H groups in total. The van der Waals surface area contributed by atoms with Crippen LogP contribution in [-0.4, -0.2) is 0 Å². The van der Waals surface area contributed by atoms with E-state index in [1.165, 1.54) is 12.1 Å². The number of benzene rings is 2. The molecule has 2 aromatic rings. The van der Waals surface area contributed by atoms with E-state index in [1.807, 2.05) is 0 Å². The summed E-state index contributed by atoms with van der Waals surface area (Å²) in [6, 6.07) is 7.83. The van der Waals surface area contributed by atoms with Crippen LogP contribution in [0.3, 0.4) is 0 Å². The molecular weight excluding hydrogens is 338 g/mol. The summed E-state index contributed by atoms with van der Waals surface area (Å²) in [7, 11) is 0. The summed E-state index contributed by atoms with van der Waals surface area (Å²) in [5, 5.41) is 0.454. The molecule has 0 aliphatic rings. The fourth-order valence-electron chi connectivity index (χ4n) is 1.84. The van der Waals surface area contributed by atoms with Crippen molar-refractivity contribution in [1.29, 1.82) is 0 Å². The molecule has 0 radical (unpaired) electrons. The average Bonchev–Trinajstić information content (AvgIpc) is 2.33. The average molecular weight is 348 g/mol. The van der Waals surface area contributed by atoms with Gasteiger partial charge in [0.25, 0.3) is 0 Å². The fourth-order valence-corrected chi connectivity index (χ4v) is 2.45. The third-order valence-electron chi connectivity index (χ3n) is 2.65. The Morgan fingerprint density at radius 2 is 1.74 bits per heavy atom. The largest absolute Gasteiger partial charge is 0.271 e. The molecule has 2 rings (SSSR count). The molecule has 0 aliphatic carbocycles. The Kier molecular flexibility index (Phi) is 4.52. The molecule has 0 heterocycles. The van der Waals surface area contributed by atoms with Gasteiger partial charge >= 0.3 is 0 Å². The van der Waals surface area contributed by atoms with Crippen molar-refractivity contribution in [3.05, 3.63) is 68.7 Å². The monoisotopic (exact) mass is 346 g/mol. The number of nitrogens with one attached hydrogen (secondary N) is 1. The van der Waals surface area contributed by atoms with Crippen molar-refractivity contribution in [1.82, 2.24) is 5.43 Å². The van der Waals surface area contributed by atoms with Crippen LogP contribution in [0.25, 0.3) is 0 Å². The first-order chi connectivity index (χ1) is 9.01. The third kappa shape index (κ3) is 3.30. The van der Waals surface area contributed by atoms with E-state index in [-0.39, 0.29) is 0 Å². The van der Waals surface area contributed by atoms with Crippen LogP contribution in [0, 0.1) is 11.6 Å². The van der Waals surface area contributed by atoms with E-state index in [1.54, 1.807) is 18.2 Å². The molecule has 0 saturated heterocycles. The first-order valence-corrected chi connectivity index (χ1v) is 6.55. The lowest BCUT2D eigenvalue weighted by molar-refractivity contribution is 0.566. The summed E-state index contributed by atoms with van der Waals surface area (Å²) >= 11 is 9.42. The summed E-state index contributed by atoms with van der Waals surface area (Å²) < 4.78 is 27.3. The van der Waals surface area contributed by atoms with Gasteiger partial charge in [-0.3, -0.25) is 5.84 Å². The molecular formula is C13H10BrClF2N2. The Morgan fingerprint density at radius 3 is 2.32 bits per heavy atom. The number of hydrogen-bond acceptors (Lipinski definition) is 2. The van der Waals surface area contributed by atoms with Crippen molar-refractivity contribution in [3.8, 4) is 0 Å². The second kappa shape index (κ2) is 5.96. The SMILES string of the molecule is NNC(c1cc(F)cc(F)c1)c1cc(Br)ccc1Cl. The molecule has 19 heavy (non-hydrogen) atoms. The van der Waals surface area contributed by atoms with Crippen molar-refractivity contribution < 1.29 is 8.78 Å². The Hall–Kier alpha value is -1.01. The highest BCUT2D eigenvalue weighted by molar-refractivity contribution is 9.10. The highest BCUT2D eigenvalue weighted by Crippen LogP contribution is 2.31. The van der Waals surface area contributed by atoms with Crippen molar-refractivity contribution in [2.24, 2.45) is 5.84 Å². The van der Waals surface area contributed by atoms with Gasteiger partial charge in [-0.05, 0) is 41.5 Å². The summed E-state index contributed by atoms with van der Waals surface area (Å²) in [6.45, 7) is 0. The molecule has 0 aliphatic heterocycles. The van der Waals surface area contributed by atoms with Crippen LogP contribution < -0.4 is 11.3 Å². The molecule has 0 saturated carbocycles. The quantitative estimate of drug-likeness (QED) is 0.652. The van der Waals surface area contributed by atoms with Crippen molar-refractivity contribution in [2.45, 2.75) is 6.04 Å². The number of rotatable bonds is 3. The maximum Gasteiger partial charge on any atom is 0.126 e. The van der Waals surface area contributed by atoms with Crippen LogP contribution in [0.15, 0.2) is 40.9 Å². The zero-order chi connectivity index (χ0) is 14.0. The smallest absolute Gasteiger partial charge is 0.126 e. The highest BCUT2D eigenvalue weighted by Gasteiger charge is 2.17. The predicted octanol–water partition coefficient (Wildman–Crippen LogP) is 3.93. The fraction of sp³-hybridized carbons (Fsp3) is 0.0769. The first kappa shape index (κ1) is 14.4. The number of halogens is 4. The van der Waals surface area contributed by atoms with E-state index in [9.17, 15) is 8.78 Å². The van der Waals surface area contributed by atoms with E-state index >= 15 is 0 Å². The molecule has 0 amide bonds. The first-order valence-electron chi connectivity index (χ1n) is 5.38. The second-order valence-electron chi connectivity index (χ2n) is 3.97. The van der Waals surface area contributed by atoms with Gasteiger partial charge < -0.3 is 0 Å². The molecule has 100 valence electrons. The van der Waals surface area contributed by atoms with Crippen LogP contribution in [0.1, 0.15) is 17.2 Å². The number of hydrogen-bond donors (Lipinski definition) is 2. The maximum absolute atomic E-state index is 13.3. The van der Waals surface area contributed by atoms with Gasteiger partial charge in [0, 0.05) is 15.6 Å². The third-order valence-corrected chi connectivity index (χ3v) is 3.49. The Bertz CT molecular complexity index is 587. The zero-order valence-electron chi connectivity index (χ0n) is 9.63. The normalized spacial score (nSPS) is 12.5. The predicted molar refractivity (Wildman–Crippen MR) is 74.7 cm³/mol. The highest BCUT2D eigenvalue weighted by atomic mass is 79.9. The van der Waals surface area contributed by atoms with Crippen LogP contribution in [0.2, 0.25) is 5.02 Å². The number of hydrazine groups is 1. The lowest BCUT2D eigenvalue weighted by Crippen LogP contribution is -2.29. The van der Waals surface area contributed by atoms with E-state index in [0.29, 0.717) is 16.1 Å². The lowest BCUT2D eigenvalue weighted by atomic mass is 9.99. The van der Waals surface area contributed by atoms with E-state index in [4.69, 9.17) is 17.4 Å². The standard InChI is InChI=1S/C13H10BrClF2N2/c14-8-1-2-12(15)11(5-8)13(19-18)7-3-9(16)6-10(17)4-7/h1-6,13,19H,18H2. The lowest BCUT2D eigenvalue weighted by Gasteiger charge is -2.18. The van der Waals surface area contributed by atoms with Gasteiger partial charge in [0.1, 0.15) is 11.6 Å².